The lowest BCUT2D eigenvalue weighted by atomic mass is 9.95. The van der Waals surface area contributed by atoms with Gasteiger partial charge in [0.05, 0.1) is 28.8 Å². The number of rotatable bonds is 5. The van der Waals surface area contributed by atoms with Crippen molar-refractivity contribution in [1.82, 2.24) is 4.98 Å². The minimum Gasteiger partial charge on any atom is -0.396 e. The lowest BCUT2D eigenvalue weighted by Gasteiger charge is -2.11. The Balaban J connectivity index is 2.54. The van der Waals surface area contributed by atoms with E-state index >= 15 is 0 Å². The second kappa shape index (κ2) is 6.76. The third kappa shape index (κ3) is 3.26. The molecule has 2 rings (SSSR count). The number of carbonyl (C=O) groups is 1. The van der Waals surface area contributed by atoms with Crippen LogP contribution in [0.3, 0.4) is 0 Å². The molecule has 2 aromatic rings. The van der Waals surface area contributed by atoms with Gasteiger partial charge in [-0.2, -0.15) is 5.26 Å². The van der Waals surface area contributed by atoms with Crippen molar-refractivity contribution in [2.45, 2.75) is 17.9 Å². The molecule has 1 atom stereocenters. The Morgan fingerprint density at radius 2 is 2.00 bits per heavy atom. The van der Waals surface area contributed by atoms with E-state index < -0.39 is 27.4 Å². The molecule has 0 radical (unpaired) electrons. The molecule has 0 aliphatic carbocycles. The highest BCUT2D eigenvalue weighted by Crippen LogP contribution is 2.25. The van der Waals surface area contributed by atoms with Gasteiger partial charge in [-0.15, -0.1) is 0 Å². The van der Waals surface area contributed by atoms with Crippen molar-refractivity contribution in [3.63, 3.8) is 0 Å². The molecule has 24 heavy (non-hydrogen) atoms. The second-order valence-corrected chi connectivity index (χ2v) is 7.13. The molecule has 8 heteroatoms. The summed E-state index contributed by atoms with van der Waals surface area (Å²) in [6.07, 6.45) is 0. The van der Waals surface area contributed by atoms with Crippen molar-refractivity contribution in [2.75, 3.05) is 11.5 Å². The van der Waals surface area contributed by atoms with Crippen LogP contribution < -0.4 is 5.73 Å². The third-order valence-corrected chi connectivity index (χ3v) is 5.09. The Morgan fingerprint density at radius 3 is 2.58 bits per heavy atom. The number of aromatic nitrogens is 1. The zero-order chi connectivity index (χ0) is 17.9. The number of anilines is 1. The van der Waals surface area contributed by atoms with Crippen molar-refractivity contribution in [3.8, 4) is 6.07 Å². The van der Waals surface area contributed by atoms with E-state index in [9.17, 15) is 22.9 Å². The molecule has 0 bridgehead atoms. The minimum absolute atomic E-state index is 0.0735. The number of nitrogens with two attached hydrogens (primary N) is 1. The molecule has 0 fully saturated rings. The van der Waals surface area contributed by atoms with Crippen LogP contribution >= 0.6 is 0 Å². The van der Waals surface area contributed by atoms with Crippen LogP contribution in [0.2, 0.25) is 0 Å². The Labute approximate surface area is 138 Å². The number of carbonyl (C=O) groups excluding carboxylic acids is 1. The average molecular weight is 347 g/mol. The highest BCUT2D eigenvalue weighted by molar-refractivity contribution is 7.91. The van der Waals surface area contributed by atoms with Gasteiger partial charge in [0.2, 0.25) is 0 Å². The van der Waals surface area contributed by atoms with Crippen LogP contribution in [0.15, 0.2) is 41.4 Å². The Bertz CT molecular complexity index is 936. The first kappa shape index (κ1) is 17.6. The summed E-state index contributed by atoms with van der Waals surface area (Å²) in [5.41, 5.74) is 5.21. The molecular formula is C16H14FN3O3S. The Morgan fingerprint density at radius 1 is 1.33 bits per heavy atom. The maximum absolute atomic E-state index is 13.8. The van der Waals surface area contributed by atoms with Crippen molar-refractivity contribution >= 4 is 21.3 Å². The molecule has 0 spiro atoms. The summed E-state index contributed by atoms with van der Waals surface area (Å²) in [5.74, 6) is -3.23. The molecule has 0 aliphatic heterocycles. The summed E-state index contributed by atoms with van der Waals surface area (Å²) in [4.78, 5) is 16.3. The number of pyridine rings is 1. The maximum atomic E-state index is 13.8. The van der Waals surface area contributed by atoms with E-state index in [1.807, 2.05) is 0 Å². The van der Waals surface area contributed by atoms with Crippen LogP contribution in [0, 0.1) is 17.1 Å². The number of benzene rings is 1. The number of nitriles is 1. The number of hydrogen-bond acceptors (Lipinski definition) is 6. The molecule has 1 heterocycles. The molecule has 0 saturated carbocycles. The van der Waals surface area contributed by atoms with Crippen molar-refractivity contribution in [2.24, 2.45) is 0 Å². The fourth-order valence-electron chi connectivity index (χ4n) is 2.09. The largest absolute Gasteiger partial charge is 0.396 e. The third-order valence-electron chi connectivity index (χ3n) is 3.41. The smallest absolute Gasteiger partial charge is 0.197 e. The van der Waals surface area contributed by atoms with Crippen LogP contribution in [0.25, 0.3) is 0 Å². The summed E-state index contributed by atoms with van der Waals surface area (Å²) in [6, 6.07) is 9.54. The second-order valence-electron chi connectivity index (χ2n) is 4.94. The molecule has 0 saturated heterocycles. The standard InChI is InChI=1S/C16H14FN3O3S/c1-2-24(22,23)16-13(19)7-8-14(20-16)11(9-18)15(21)10-5-3-4-6-12(10)17/h3-8,11H,2,19H2,1H3. The first-order valence-electron chi connectivity index (χ1n) is 6.99. The van der Waals surface area contributed by atoms with E-state index in [2.05, 4.69) is 4.98 Å². The van der Waals surface area contributed by atoms with Crippen LogP contribution in [0.1, 0.15) is 28.9 Å². The summed E-state index contributed by atoms with van der Waals surface area (Å²) < 4.78 is 37.8. The lowest BCUT2D eigenvalue weighted by molar-refractivity contribution is 0.0973. The van der Waals surface area contributed by atoms with Crippen LogP contribution in [0.5, 0.6) is 0 Å². The molecule has 1 aromatic heterocycles. The number of nitrogens with zero attached hydrogens (tertiary/aromatic N) is 2. The molecule has 0 amide bonds. The van der Waals surface area contributed by atoms with Gasteiger partial charge < -0.3 is 5.73 Å². The first-order chi connectivity index (χ1) is 11.3. The van der Waals surface area contributed by atoms with E-state index in [1.165, 1.54) is 37.3 Å². The predicted molar refractivity (Wildman–Crippen MR) is 85.5 cm³/mol. The van der Waals surface area contributed by atoms with Crippen molar-refractivity contribution < 1.29 is 17.6 Å². The SMILES string of the molecule is CCS(=O)(=O)c1nc(C(C#N)C(=O)c2ccccc2F)ccc1N. The van der Waals surface area contributed by atoms with Gasteiger partial charge in [0.15, 0.2) is 26.6 Å². The van der Waals surface area contributed by atoms with Crippen molar-refractivity contribution in [3.05, 3.63) is 53.5 Å². The van der Waals surface area contributed by atoms with E-state index in [4.69, 9.17) is 5.73 Å². The van der Waals surface area contributed by atoms with Gasteiger partial charge in [-0.1, -0.05) is 19.1 Å². The van der Waals surface area contributed by atoms with Crippen LogP contribution in [-0.2, 0) is 9.84 Å². The van der Waals surface area contributed by atoms with Gasteiger partial charge in [-0.25, -0.2) is 17.8 Å². The number of ketones is 1. The molecule has 0 aliphatic rings. The fraction of sp³-hybridized carbons (Fsp3) is 0.188. The molecule has 124 valence electrons. The van der Waals surface area contributed by atoms with E-state index in [0.717, 1.165) is 6.07 Å². The lowest BCUT2D eigenvalue weighted by Crippen LogP contribution is -2.17. The zero-order valence-corrected chi connectivity index (χ0v) is 13.5. The number of nitrogen functional groups attached to an aromatic ring is 1. The summed E-state index contributed by atoms with van der Waals surface area (Å²) in [6.45, 7) is 1.43. The minimum atomic E-state index is -3.72. The molecule has 2 N–H and O–H groups in total. The fourth-order valence-corrected chi connectivity index (χ4v) is 3.03. The number of sulfone groups is 1. The monoisotopic (exact) mass is 347 g/mol. The van der Waals surface area contributed by atoms with Gasteiger partial charge in [-0.3, -0.25) is 4.79 Å². The molecule has 1 unspecified atom stereocenters. The number of halogens is 1. The maximum Gasteiger partial charge on any atom is 0.197 e. The quantitative estimate of drug-likeness (QED) is 0.828. The predicted octanol–water partition coefficient (Wildman–Crippen LogP) is 2.09. The van der Waals surface area contributed by atoms with Gasteiger partial charge in [0, 0.05) is 0 Å². The van der Waals surface area contributed by atoms with E-state index in [0.29, 0.717) is 0 Å². The van der Waals surface area contributed by atoms with Crippen LogP contribution in [0.4, 0.5) is 10.1 Å². The van der Waals surface area contributed by atoms with Gasteiger partial charge in [-0.05, 0) is 24.3 Å². The van der Waals surface area contributed by atoms with E-state index in [1.54, 1.807) is 6.07 Å². The summed E-state index contributed by atoms with van der Waals surface area (Å²) in [7, 11) is -3.72. The van der Waals surface area contributed by atoms with Gasteiger partial charge >= 0.3 is 0 Å². The summed E-state index contributed by atoms with van der Waals surface area (Å²) >= 11 is 0. The summed E-state index contributed by atoms with van der Waals surface area (Å²) in [5, 5.41) is 8.92. The zero-order valence-electron chi connectivity index (χ0n) is 12.7. The molecule has 1 aromatic carbocycles. The normalized spacial score (nSPS) is 12.4. The Kier molecular flexibility index (Phi) is 4.95. The number of Topliss-reactive ketones (excluding diaryl/α,β-unsaturated/α-hetero) is 1. The van der Waals surface area contributed by atoms with Gasteiger partial charge in [0.1, 0.15) is 5.82 Å². The first-order valence-corrected chi connectivity index (χ1v) is 8.64. The average Bonchev–Trinajstić information content (AvgIpc) is 2.57. The highest BCUT2D eigenvalue weighted by atomic mass is 32.2. The number of hydrogen-bond donors (Lipinski definition) is 1. The molecule has 6 nitrogen and oxygen atoms in total. The van der Waals surface area contributed by atoms with E-state index in [-0.39, 0.29) is 27.7 Å². The van der Waals surface area contributed by atoms with Crippen molar-refractivity contribution in [1.29, 1.82) is 5.26 Å². The highest BCUT2D eigenvalue weighted by Gasteiger charge is 2.27. The van der Waals surface area contributed by atoms with Gasteiger partial charge in [0.25, 0.3) is 0 Å². The van der Waals surface area contributed by atoms with Crippen LogP contribution in [-0.4, -0.2) is 24.9 Å². The Hall–Kier alpha value is -2.79. The topological polar surface area (TPSA) is 114 Å². The molecular weight excluding hydrogens is 333 g/mol.